The number of thioether (sulfide) groups is 1. The summed E-state index contributed by atoms with van der Waals surface area (Å²) in [6.45, 7) is 4.53. The lowest BCUT2D eigenvalue weighted by Crippen LogP contribution is -2.27. The normalized spacial score (nSPS) is 11.8. The lowest BCUT2D eigenvalue weighted by Gasteiger charge is -2.12. The van der Waals surface area contributed by atoms with Gasteiger partial charge < -0.3 is 5.73 Å². The average molecular weight is 288 g/mol. The van der Waals surface area contributed by atoms with Crippen LogP contribution in [0.15, 0.2) is 17.0 Å². The van der Waals surface area contributed by atoms with E-state index >= 15 is 0 Å². The molecular formula is C12H20N2O2S2. The van der Waals surface area contributed by atoms with Gasteiger partial charge in [-0.15, -0.1) is 0 Å². The van der Waals surface area contributed by atoms with Crippen LogP contribution in [0.5, 0.6) is 0 Å². The van der Waals surface area contributed by atoms with E-state index in [9.17, 15) is 8.42 Å². The Morgan fingerprint density at radius 3 is 2.50 bits per heavy atom. The molecule has 0 bridgehead atoms. The van der Waals surface area contributed by atoms with Gasteiger partial charge in [0.1, 0.15) is 0 Å². The van der Waals surface area contributed by atoms with E-state index in [1.807, 2.05) is 19.2 Å². The molecule has 0 heterocycles. The molecule has 0 fully saturated rings. The van der Waals surface area contributed by atoms with E-state index in [1.54, 1.807) is 24.8 Å². The van der Waals surface area contributed by atoms with Crippen molar-refractivity contribution in [3.63, 3.8) is 0 Å². The lowest BCUT2D eigenvalue weighted by molar-refractivity contribution is 0.583. The molecule has 4 nitrogen and oxygen atoms in total. The van der Waals surface area contributed by atoms with E-state index in [0.717, 1.165) is 22.4 Å². The number of nitrogens with two attached hydrogens (primary N) is 1. The van der Waals surface area contributed by atoms with Gasteiger partial charge in [0.05, 0.1) is 4.90 Å². The monoisotopic (exact) mass is 288 g/mol. The topological polar surface area (TPSA) is 72.2 Å². The summed E-state index contributed by atoms with van der Waals surface area (Å²) in [4.78, 5) is 0.328. The molecule has 0 aliphatic carbocycles. The summed E-state index contributed by atoms with van der Waals surface area (Å²) >= 11 is 1.60. The molecule has 0 aromatic heterocycles. The molecule has 0 saturated heterocycles. The van der Waals surface area contributed by atoms with E-state index in [0.29, 0.717) is 18.0 Å². The van der Waals surface area contributed by atoms with Crippen LogP contribution >= 0.6 is 11.8 Å². The molecule has 1 aromatic rings. The maximum atomic E-state index is 12.1. The first-order chi connectivity index (χ1) is 8.42. The highest BCUT2D eigenvalue weighted by atomic mass is 32.2. The lowest BCUT2D eigenvalue weighted by atomic mass is 10.1. The fourth-order valence-corrected chi connectivity index (χ4v) is 3.48. The van der Waals surface area contributed by atoms with Crippen molar-refractivity contribution in [1.29, 1.82) is 0 Å². The number of aryl methyl sites for hydroxylation is 2. The largest absolute Gasteiger partial charge is 0.326 e. The Balaban J connectivity index is 3.08. The Hall–Kier alpha value is -0.560. The van der Waals surface area contributed by atoms with E-state index < -0.39 is 10.0 Å². The maximum absolute atomic E-state index is 12.1. The third kappa shape index (κ3) is 3.71. The molecule has 0 radical (unpaired) electrons. The van der Waals surface area contributed by atoms with Gasteiger partial charge >= 0.3 is 0 Å². The van der Waals surface area contributed by atoms with Gasteiger partial charge in [-0.1, -0.05) is 6.07 Å². The Kier molecular flexibility index (Phi) is 5.65. The quantitative estimate of drug-likeness (QED) is 0.776. The second-order valence-electron chi connectivity index (χ2n) is 4.14. The summed E-state index contributed by atoms with van der Waals surface area (Å²) < 4.78 is 26.9. The fraction of sp³-hybridized carbons (Fsp3) is 0.500. The molecule has 0 spiro atoms. The minimum Gasteiger partial charge on any atom is -0.326 e. The Morgan fingerprint density at radius 1 is 1.28 bits per heavy atom. The molecule has 0 amide bonds. The second-order valence-corrected chi connectivity index (χ2v) is 6.86. The highest BCUT2D eigenvalue weighted by Gasteiger charge is 2.17. The van der Waals surface area contributed by atoms with E-state index in [4.69, 9.17) is 5.73 Å². The van der Waals surface area contributed by atoms with Crippen LogP contribution in [-0.4, -0.2) is 27.0 Å². The molecular weight excluding hydrogens is 268 g/mol. The predicted octanol–water partition coefficient (Wildman–Crippen LogP) is 1.40. The van der Waals surface area contributed by atoms with Crippen molar-refractivity contribution in [2.75, 3.05) is 18.6 Å². The summed E-state index contributed by atoms with van der Waals surface area (Å²) in [6.07, 6.45) is 1.94. The zero-order valence-corrected chi connectivity index (χ0v) is 12.6. The molecule has 18 heavy (non-hydrogen) atoms. The summed E-state index contributed by atoms with van der Waals surface area (Å²) in [5, 5.41) is 0. The first kappa shape index (κ1) is 15.5. The standard InChI is InChI=1S/C12H20N2O2S2/c1-9-6-10(2)12(7-11(9)8-13)18(15,16)14-4-5-17-3/h6-7,14H,4-5,8,13H2,1-3H3. The van der Waals surface area contributed by atoms with Crippen LogP contribution in [0, 0.1) is 13.8 Å². The van der Waals surface area contributed by atoms with Crippen LogP contribution in [0.1, 0.15) is 16.7 Å². The number of hydrogen-bond acceptors (Lipinski definition) is 4. The minimum atomic E-state index is -3.43. The molecule has 0 unspecified atom stereocenters. The van der Waals surface area contributed by atoms with Crippen molar-refractivity contribution in [2.24, 2.45) is 5.73 Å². The number of benzene rings is 1. The number of sulfonamides is 1. The zero-order valence-electron chi connectivity index (χ0n) is 11.0. The Labute approximate surface area is 113 Å². The van der Waals surface area contributed by atoms with Crippen LogP contribution in [0.4, 0.5) is 0 Å². The summed E-state index contributed by atoms with van der Waals surface area (Å²) in [6, 6.07) is 3.54. The smallest absolute Gasteiger partial charge is 0.240 e. The van der Waals surface area contributed by atoms with Gasteiger partial charge in [-0.2, -0.15) is 11.8 Å². The summed E-state index contributed by atoms with van der Waals surface area (Å²) in [5.74, 6) is 0.758. The zero-order chi connectivity index (χ0) is 13.8. The van der Waals surface area contributed by atoms with Crippen LogP contribution < -0.4 is 10.5 Å². The first-order valence-corrected chi connectivity index (χ1v) is 8.59. The van der Waals surface area contributed by atoms with Gasteiger partial charge in [-0.25, -0.2) is 13.1 Å². The van der Waals surface area contributed by atoms with Gasteiger partial charge in [0.25, 0.3) is 0 Å². The Bertz CT molecular complexity index is 513. The Morgan fingerprint density at radius 2 is 1.94 bits per heavy atom. The molecule has 3 N–H and O–H groups in total. The number of hydrogen-bond donors (Lipinski definition) is 2. The second kappa shape index (κ2) is 6.56. The first-order valence-electron chi connectivity index (χ1n) is 5.71. The van der Waals surface area contributed by atoms with Crippen molar-refractivity contribution in [3.05, 3.63) is 28.8 Å². The van der Waals surface area contributed by atoms with E-state index in [2.05, 4.69) is 4.72 Å². The predicted molar refractivity (Wildman–Crippen MR) is 77.4 cm³/mol. The molecule has 1 aromatic carbocycles. The number of rotatable bonds is 6. The molecule has 0 aliphatic rings. The van der Waals surface area contributed by atoms with Crippen LogP contribution in [0.3, 0.4) is 0 Å². The van der Waals surface area contributed by atoms with Crippen LogP contribution in [0.2, 0.25) is 0 Å². The number of nitrogens with one attached hydrogen (secondary N) is 1. The molecule has 102 valence electrons. The third-order valence-electron chi connectivity index (χ3n) is 2.74. The highest BCUT2D eigenvalue weighted by Crippen LogP contribution is 2.20. The van der Waals surface area contributed by atoms with Crippen molar-refractivity contribution in [2.45, 2.75) is 25.3 Å². The van der Waals surface area contributed by atoms with Crippen LogP contribution in [-0.2, 0) is 16.6 Å². The van der Waals surface area contributed by atoms with Gasteiger partial charge in [0.2, 0.25) is 10.0 Å². The fourth-order valence-electron chi connectivity index (χ4n) is 1.74. The summed E-state index contributed by atoms with van der Waals surface area (Å²) in [5.41, 5.74) is 8.26. The highest BCUT2D eigenvalue weighted by molar-refractivity contribution is 7.98. The van der Waals surface area contributed by atoms with Crippen molar-refractivity contribution in [1.82, 2.24) is 4.72 Å². The van der Waals surface area contributed by atoms with Gasteiger partial charge in [-0.05, 0) is 42.9 Å². The third-order valence-corrected chi connectivity index (χ3v) is 4.96. The van der Waals surface area contributed by atoms with Crippen molar-refractivity contribution < 1.29 is 8.42 Å². The van der Waals surface area contributed by atoms with Gasteiger partial charge in [0, 0.05) is 18.8 Å². The van der Waals surface area contributed by atoms with Crippen LogP contribution in [0.25, 0.3) is 0 Å². The van der Waals surface area contributed by atoms with E-state index in [-0.39, 0.29) is 0 Å². The molecule has 0 aliphatic heterocycles. The van der Waals surface area contributed by atoms with Gasteiger partial charge in [-0.3, -0.25) is 0 Å². The molecule has 0 atom stereocenters. The summed E-state index contributed by atoms with van der Waals surface area (Å²) in [7, 11) is -3.43. The van der Waals surface area contributed by atoms with Crippen molar-refractivity contribution in [3.8, 4) is 0 Å². The SMILES string of the molecule is CSCCNS(=O)(=O)c1cc(CN)c(C)cc1C. The molecule has 0 saturated carbocycles. The van der Waals surface area contributed by atoms with Gasteiger partial charge in [0.15, 0.2) is 0 Å². The molecule has 6 heteroatoms. The molecule has 1 rings (SSSR count). The minimum absolute atomic E-state index is 0.328. The average Bonchev–Trinajstić information content (AvgIpc) is 2.29. The maximum Gasteiger partial charge on any atom is 0.240 e. The van der Waals surface area contributed by atoms with E-state index in [1.165, 1.54) is 0 Å². The van der Waals surface area contributed by atoms with Crippen molar-refractivity contribution >= 4 is 21.8 Å².